The average molecular weight is 1040 g/mol. The van der Waals surface area contributed by atoms with Crippen LogP contribution in [0.1, 0.15) is 237 Å². The van der Waals surface area contributed by atoms with Crippen LogP contribution in [0.15, 0.2) is 72.8 Å². The monoisotopic (exact) mass is 1040 g/mol. The Morgan fingerprint density at radius 3 is 0.855 bits per heavy atom. The summed E-state index contributed by atoms with van der Waals surface area (Å²) < 4.78 is 24.8. The third-order valence-corrected chi connectivity index (χ3v) is 14.9. The van der Waals surface area contributed by atoms with Crippen LogP contribution in [0.25, 0.3) is 0 Å². The van der Waals surface area contributed by atoms with Crippen molar-refractivity contribution < 1.29 is 38.7 Å². The van der Waals surface area contributed by atoms with Crippen LogP contribution in [0.3, 0.4) is 0 Å². The highest BCUT2D eigenvalue weighted by Crippen LogP contribution is 2.41. The van der Waals surface area contributed by atoms with Crippen LogP contribution in [0.5, 0.6) is 23.0 Å². The van der Waals surface area contributed by atoms with Crippen LogP contribution >= 0.6 is 0 Å². The Bertz CT molecular complexity index is 2210. The van der Waals surface area contributed by atoms with Gasteiger partial charge in [-0.3, -0.25) is 0 Å². The predicted molar refractivity (Wildman–Crippen MR) is 313 cm³/mol. The number of phenolic OH excluding ortho intramolecular Hbond substituents is 2. The van der Waals surface area contributed by atoms with Crippen molar-refractivity contribution in [2.24, 2.45) is 0 Å². The Kier molecular flexibility index (Phi) is 27.1. The summed E-state index contributed by atoms with van der Waals surface area (Å²) in [6.45, 7) is 20.2. The van der Waals surface area contributed by atoms with Gasteiger partial charge < -0.3 is 29.2 Å². The summed E-state index contributed by atoms with van der Waals surface area (Å²) in [5.41, 5.74) is 12.6. The smallest absolute Gasteiger partial charge is 0.333 e. The molecule has 1 aliphatic rings. The molecule has 0 heterocycles. The number of ether oxygens (including phenoxy) is 4. The molecular weight excluding hydrogens is 945 g/mol. The minimum atomic E-state index is -0.458. The lowest BCUT2D eigenvalue weighted by Crippen LogP contribution is -2.15. The molecule has 2 N–H and O–H groups in total. The molecule has 8 bridgehead atoms. The number of hydrogen-bond acceptors (Lipinski definition) is 8. The average Bonchev–Trinajstić information content (AvgIpc) is 3.39. The Balaban J connectivity index is 1.78. The summed E-state index contributed by atoms with van der Waals surface area (Å²) in [5, 5.41) is 25.5. The van der Waals surface area contributed by atoms with Gasteiger partial charge in [-0.2, -0.15) is 0 Å². The van der Waals surface area contributed by atoms with Gasteiger partial charge >= 0.3 is 11.9 Å². The minimum Gasteiger partial charge on any atom is -0.507 e. The first-order valence-electron chi connectivity index (χ1n) is 29.7. The Morgan fingerprint density at radius 2 is 0.618 bits per heavy atom. The van der Waals surface area contributed by atoms with E-state index >= 15 is 0 Å². The summed E-state index contributed by atoms with van der Waals surface area (Å²) in [6, 6.07) is 17.8. The molecule has 0 saturated carbocycles. The second kappa shape index (κ2) is 33.6. The number of benzene rings is 4. The molecule has 0 aliphatic heterocycles. The zero-order valence-corrected chi connectivity index (χ0v) is 48.0. The van der Waals surface area contributed by atoms with Gasteiger partial charge in [0.05, 0.1) is 0 Å². The number of carbonyl (C=O) groups is 2. The first-order chi connectivity index (χ1) is 36.8. The van der Waals surface area contributed by atoms with Gasteiger partial charge in [-0.15, -0.1) is 0 Å². The summed E-state index contributed by atoms with van der Waals surface area (Å²) >= 11 is 0. The van der Waals surface area contributed by atoms with Crippen molar-refractivity contribution in [1.29, 1.82) is 0 Å². The quantitative estimate of drug-likeness (QED) is 0.0238. The second-order valence-corrected chi connectivity index (χ2v) is 21.9. The lowest BCUT2D eigenvalue weighted by molar-refractivity contribution is -0.140. The van der Waals surface area contributed by atoms with Crippen LogP contribution in [-0.4, -0.2) is 48.6 Å². The summed E-state index contributed by atoms with van der Waals surface area (Å²) in [7, 11) is 0. The number of aryl methyl sites for hydroxylation is 4. The second-order valence-electron chi connectivity index (χ2n) is 21.9. The standard InChI is InChI=1S/C68H96O8/c1-9-13-17-21-25-29-51-37-55-45-59-41-53(31-27-23-19-15-11-3)43-61(65(59)73-33-35-75-67(71)49(5)6)47-57-39-52(30-26-22-18-14-10-2)40-58(64(57)70)48-62-44-54(32-28-24-20-16-12-4)42-60(46-56(38-51)63(55)69)66(62)74-34-36-76-68(72)50(7)8/h37-44,69-70H,5,7,9-36,45-48H2,1-4,6,8H3. The van der Waals surface area contributed by atoms with Gasteiger partial charge in [0.25, 0.3) is 0 Å². The molecule has 8 nitrogen and oxygen atoms in total. The maximum atomic E-state index is 12.8. The number of carbonyl (C=O) groups excluding carboxylic acids is 2. The molecule has 0 spiro atoms. The van der Waals surface area contributed by atoms with Gasteiger partial charge in [0.15, 0.2) is 0 Å². The van der Waals surface area contributed by atoms with E-state index in [-0.39, 0.29) is 37.9 Å². The molecule has 0 aromatic heterocycles. The van der Waals surface area contributed by atoms with Crippen molar-refractivity contribution in [2.75, 3.05) is 26.4 Å². The van der Waals surface area contributed by atoms with E-state index in [1.807, 2.05) is 0 Å². The topological polar surface area (TPSA) is 112 Å². The van der Waals surface area contributed by atoms with Crippen LogP contribution in [0.4, 0.5) is 0 Å². The molecule has 5 rings (SSSR count). The Hall–Kier alpha value is -5.50. The lowest BCUT2D eigenvalue weighted by atomic mass is 9.87. The maximum Gasteiger partial charge on any atom is 0.333 e. The van der Waals surface area contributed by atoms with Crippen molar-refractivity contribution in [3.8, 4) is 23.0 Å². The molecule has 4 aromatic carbocycles. The van der Waals surface area contributed by atoms with E-state index in [2.05, 4.69) is 89.4 Å². The van der Waals surface area contributed by atoms with Gasteiger partial charge in [-0.1, -0.05) is 192 Å². The molecule has 0 fully saturated rings. The molecule has 76 heavy (non-hydrogen) atoms. The van der Waals surface area contributed by atoms with Crippen molar-refractivity contribution in [2.45, 2.75) is 221 Å². The number of unbranched alkanes of at least 4 members (excludes halogenated alkanes) is 16. The summed E-state index contributed by atoms with van der Waals surface area (Å²) in [5.74, 6) is 0.993. The third-order valence-electron chi connectivity index (χ3n) is 14.9. The molecule has 4 aromatic rings. The van der Waals surface area contributed by atoms with Crippen molar-refractivity contribution in [1.82, 2.24) is 0 Å². The maximum absolute atomic E-state index is 12.8. The molecular formula is C68H96O8. The van der Waals surface area contributed by atoms with E-state index in [9.17, 15) is 19.8 Å². The number of hydrogen-bond donors (Lipinski definition) is 2. The van der Waals surface area contributed by atoms with E-state index < -0.39 is 11.9 Å². The van der Waals surface area contributed by atoms with E-state index in [0.717, 1.165) is 122 Å². The van der Waals surface area contributed by atoms with Crippen LogP contribution in [-0.2, 0) is 70.4 Å². The SMILES string of the molecule is C=C(C)C(=O)OCCOc1c2cc(CCCCCCC)cc1Cc1cc(CCCCCCC)cc(c1O)Cc1cc(CCCCCCC)cc(c1OCCOC(=O)C(=C)C)Cc1cc(CCCCCCC)cc(c1O)C2. The third kappa shape index (κ3) is 20.1. The van der Waals surface area contributed by atoms with Crippen LogP contribution in [0.2, 0.25) is 0 Å². The fourth-order valence-electron chi connectivity index (χ4n) is 10.7. The first kappa shape index (κ1) is 61.4. The Morgan fingerprint density at radius 1 is 0.382 bits per heavy atom. The zero-order chi connectivity index (χ0) is 54.7. The van der Waals surface area contributed by atoms with E-state index in [0.29, 0.717) is 48.3 Å². The normalized spacial score (nSPS) is 12.1. The lowest BCUT2D eigenvalue weighted by Gasteiger charge is -2.23. The van der Waals surface area contributed by atoms with Crippen LogP contribution < -0.4 is 9.47 Å². The molecule has 0 amide bonds. The highest BCUT2D eigenvalue weighted by molar-refractivity contribution is 5.87. The van der Waals surface area contributed by atoms with E-state index in [1.165, 1.54) is 99.3 Å². The first-order valence-corrected chi connectivity index (χ1v) is 29.7. The predicted octanol–water partition coefficient (Wildman–Crippen LogP) is 16.8. The molecule has 1 aliphatic carbocycles. The molecule has 0 atom stereocenters. The van der Waals surface area contributed by atoms with Gasteiger partial charge in [0, 0.05) is 36.8 Å². The van der Waals surface area contributed by atoms with Crippen molar-refractivity contribution in [3.63, 3.8) is 0 Å². The van der Waals surface area contributed by atoms with Gasteiger partial charge in [0.2, 0.25) is 0 Å². The number of phenols is 2. The van der Waals surface area contributed by atoms with Crippen molar-refractivity contribution >= 4 is 11.9 Å². The van der Waals surface area contributed by atoms with E-state index in [4.69, 9.17) is 18.9 Å². The Labute approximate surface area is 459 Å². The summed E-state index contributed by atoms with van der Waals surface area (Å²) in [6.07, 6.45) is 28.4. The van der Waals surface area contributed by atoms with Crippen molar-refractivity contribution in [3.05, 3.63) is 140 Å². The molecule has 416 valence electrons. The highest BCUT2D eigenvalue weighted by atomic mass is 16.6. The molecule has 0 radical (unpaired) electrons. The van der Waals surface area contributed by atoms with Gasteiger partial charge in [0.1, 0.15) is 49.4 Å². The fourth-order valence-corrected chi connectivity index (χ4v) is 10.7. The number of rotatable bonds is 34. The molecule has 0 unspecified atom stereocenters. The zero-order valence-electron chi connectivity index (χ0n) is 48.0. The number of aromatic hydroxyl groups is 2. The number of fused-ring (bicyclic) bond motifs is 8. The summed E-state index contributed by atoms with van der Waals surface area (Å²) in [4.78, 5) is 25.1. The molecule has 0 saturated heterocycles. The van der Waals surface area contributed by atoms with Gasteiger partial charge in [-0.25, -0.2) is 9.59 Å². The largest absolute Gasteiger partial charge is 0.507 e. The molecule has 8 heteroatoms. The fraction of sp³-hybridized carbons (Fsp3) is 0.559. The van der Waals surface area contributed by atoms with E-state index in [1.54, 1.807) is 13.8 Å². The minimum absolute atomic E-state index is 0.0504. The number of esters is 2. The highest BCUT2D eigenvalue weighted by Gasteiger charge is 2.24. The van der Waals surface area contributed by atoms with Crippen LogP contribution in [0, 0.1) is 0 Å². The van der Waals surface area contributed by atoms with Gasteiger partial charge in [-0.05, 0) is 132 Å².